The molecular formula is C15H27N5O. The van der Waals surface area contributed by atoms with Gasteiger partial charge in [0.2, 0.25) is 11.9 Å². The Morgan fingerprint density at radius 3 is 2.76 bits per heavy atom. The van der Waals surface area contributed by atoms with Gasteiger partial charge in [0.1, 0.15) is 0 Å². The molecule has 21 heavy (non-hydrogen) atoms. The highest BCUT2D eigenvalue weighted by Crippen LogP contribution is 2.25. The average molecular weight is 293 g/mol. The minimum atomic E-state index is 0.428. The molecule has 0 aliphatic carbocycles. The maximum atomic E-state index is 5.59. The van der Waals surface area contributed by atoms with Crippen LogP contribution in [0.25, 0.3) is 0 Å². The highest BCUT2D eigenvalue weighted by atomic mass is 16.5. The molecule has 0 aromatic carbocycles. The Morgan fingerprint density at radius 2 is 2.05 bits per heavy atom. The van der Waals surface area contributed by atoms with E-state index in [1.165, 1.54) is 19.3 Å². The van der Waals surface area contributed by atoms with Gasteiger partial charge in [0, 0.05) is 19.6 Å². The topological polar surface area (TPSA) is 63.2 Å². The SMILES string of the molecule is CCCOc1nc(NCC)nc(N2CCC(CCC)C2)n1. The number of anilines is 2. The van der Waals surface area contributed by atoms with E-state index in [-0.39, 0.29) is 0 Å². The second kappa shape index (κ2) is 8.00. The Bertz CT molecular complexity index is 440. The van der Waals surface area contributed by atoms with Gasteiger partial charge >= 0.3 is 6.01 Å². The molecule has 1 atom stereocenters. The van der Waals surface area contributed by atoms with Crippen LogP contribution in [0.5, 0.6) is 6.01 Å². The van der Waals surface area contributed by atoms with Crippen molar-refractivity contribution in [3.63, 3.8) is 0 Å². The standard InChI is InChI=1S/C15H27N5O/c1-4-7-12-8-9-20(11-12)14-17-13(16-6-3)18-15(19-14)21-10-5-2/h12H,4-11H2,1-3H3,(H,16,17,18,19). The van der Waals surface area contributed by atoms with Crippen molar-refractivity contribution in [3.05, 3.63) is 0 Å². The van der Waals surface area contributed by atoms with Crippen molar-refractivity contribution in [2.24, 2.45) is 5.92 Å². The van der Waals surface area contributed by atoms with E-state index >= 15 is 0 Å². The lowest BCUT2D eigenvalue weighted by Crippen LogP contribution is -2.23. The molecule has 1 aromatic rings. The smallest absolute Gasteiger partial charge is 0.323 e. The van der Waals surface area contributed by atoms with Crippen molar-refractivity contribution in [3.8, 4) is 6.01 Å². The fourth-order valence-electron chi connectivity index (χ4n) is 2.64. The van der Waals surface area contributed by atoms with Crippen LogP contribution in [0, 0.1) is 5.92 Å². The van der Waals surface area contributed by atoms with Gasteiger partial charge in [-0.05, 0) is 32.1 Å². The third-order valence-electron chi connectivity index (χ3n) is 3.64. The predicted molar refractivity (Wildman–Crippen MR) is 85.0 cm³/mol. The molecule has 1 aliphatic rings. The van der Waals surface area contributed by atoms with Crippen LogP contribution in [-0.4, -0.2) is 41.2 Å². The van der Waals surface area contributed by atoms with Gasteiger partial charge in [0.15, 0.2) is 0 Å². The molecule has 0 amide bonds. The number of ether oxygens (including phenoxy) is 1. The van der Waals surface area contributed by atoms with Crippen molar-refractivity contribution in [2.45, 2.75) is 46.5 Å². The molecule has 0 saturated carbocycles. The first kappa shape index (κ1) is 15.8. The van der Waals surface area contributed by atoms with Gasteiger partial charge in [-0.15, -0.1) is 0 Å². The fraction of sp³-hybridized carbons (Fsp3) is 0.800. The van der Waals surface area contributed by atoms with Gasteiger partial charge < -0.3 is 15.0 Å². The maximum absolute atomic E-state index is 5.59. The van der Waals surface area contributed by atoms with E-state index in [1.807, 2.05) is 6.92 Å². The lowest BCUT2D eigenvalue weighted by Gasteiger charge is -2.17. The van der Waals surface area contributed by atoms with Crippen LogP contribution in [0.15, 0.2) is 0 Å². The molecular weight excluding hydrogens is 266 g/mol. The lowest BCUT2D eigenvalue weighted by molar-refractivity contribution is 0.292. The normalized spacial score (nSPS) is 18.0. The van der Waals surface area contributed by atoms with Gasteiger partial charge in [-0.2, -0.15) is 15.0 Å². The van der Waals surface area contributed by atoms with Crippen LogP contribution in [0.3, 0.4) is 0 Å². The number of aromatic nitrogens is 3. The number of nitrogens with one attached hydrogen (secondary N) is 1. The second-order valence-electron chi connectivity index (χ2n) is 5.51. The molecule has 1 N–H and O–H groups in total. The van der Waals surface area contributed by atoms with Crippen LogP contribution in [0.4, 0.5) is 11.9 Å². The molecule has 1 saturated heterocycles. The highest BCUT2D eigenvalue weighted by molar-refractivity contribution is 5.39. The van der Waals surface area contributed by atoms with Gasteiger partial charge in [-0.1, -0.05) is 20.3 Å². The molecule has 2 heterocycles. The first-order valence-corrected chi connectivity index (χ1v) is 8.14. The zero-order chi connectivity index (χ0) is 15.1. The van der Waals surface area contributed by atoms with Crippen LogP contribution < -0.4 is 15.0 Å². The number of nitrogens with zero attached hydrogens (tertiary/aromatic N) is 4. The molecule has 0 bridgehead atoms. The zero-order valence-corrected chi connectivity index (χ0v) is 13.4. The summed E-state index contributed by atoms with van der Waals surface area (Å²) in [4.78, 5) is 15.5. The first-order valence-electron chi connectivity index (χ1n) is 8.14. The second-order valence-corrected chi connectivity index (χ2v) is 5.51. The Labute approximate surface area is 127 Å². The Balaban J connectivity index is 2.11. The molecule has 0 spiro atoms. The summed E-state index contributed by atoms with van der Waals surface area (Å²) in [5.41, 5.74) is 0. The summed E-state index contributed by atoms with van der Waals surface area (Å²) in [6.07, 6.45) is 4.69. The van der Waals surface area contributed by atoms with Gasteiger partial charge in [0.05, 0.1) is 6.61 Å². The molecule has 2 rings (SSSR count). The molecule has 6 heteroatoms. The van der Waals surface area contributed by atoms with E-state index in [0.29, 0.717) is 18.6 Å². The minimum absolute atomic E-state index is 0.428. The van der Waals surface area contributed by atoms with E-state index in [2.05, 4.69) is 39.0 Å². The van der Waals surface area contributed by atoms with Crippen molar-refractivity contribution in [2.75, 3.05) is 36.5 Å². The largest absolute Gasteiger partial charge is 0.463 e. The van der Waals surface area contributed by atoms with Crippen LogP contribution >= 0.6 is 0 Å². The van der Waals surface area contributed by atoms with E-state index in [4.69, 9.17) is 4.74 Å². The Hall–Kier alpha value is -1.59. The van der Waals surface area contributed by atoms with E-state index in [1.54, 1.807) is 0 Å². The molecule has 1 unspecified atom stereocenters. The summed E-state index contributed by atoms with van der Waals surface area (Å²) in [6, 6.07) is 0.428. The van der Waals surface area contributed by atoms with E-state index in [0.717, 1.165) is 37.9 Å². The zero-order valence-electron chi connectivity index (χ0n) is 13.4. The van der Waals surface area contributed by atoms with Crippen LogP contribution in [0.1, 0.15) is 46.5 Å². The van der Waals surface area contributed by atoms with Crippen molar-refractivity contribution in [1.29, 1.82) is 0 Å². The van der Waals surface area contributed by atoms with Crippen molar-refractivity contribution < 1.29 is 4.74 Å². The summed E-state index contributed by atoms with van der Waals surface area (Å²) >= 11 is 0. The van der Waals surface area contributed by atoms with E-state index < -0.39 is 0 Å². The molecule has 1 aliphatic heterocycles. The van der Waals surface area contributed by atoms with Crippen molar-refractivity contribution >= 4 is 11.9 Å². The average Bonchev–Trinajstić information content (AvgIpc) is 2.94. The number of rotatable bonds is 8. The molecule has 6 nitrogen and oxygen atoms in total. The number of hydrogen-bond donors (Lipinski definition) is 1. The molecule has 1 aromatic heterocycles. The number of hydrogen-bond acceptors (Lipinski definition) is 6. The van der Waals surface area contributed by atoms with Gasteiger partial charge in [-0.3, -0.25) is 0 Å². The third-order valence-corrected chi connectivity index (χ3v) is 3.64. The molecule has 118 valence electrons. The first-order chi connectivity index (χ1) is 10.3. The predicted octanol–water partition coefficient (Wildman–Crippen LogP) is 2.72. The quantitative estimate of drug-likeness (QED) is 0.795. The summed E-state index contributed by atoms with van der Waals surface area (Å²) in [7, 11) is 0. The van der Waals surface area contributed by atoms with Crippen LogP contribution in [0.2, 0.25) is 0 Å². The van der Waals surface area contributed by atoms with Gasteiger partial charge in [0.25, 0.3) is 0 Å². The Morgan fingerprint density at radius 1 is 1.19 bits per heavy atom. The Kier molecular flexibility index (Phi) is 6.02. The fourth-order valence-corrected chi connectivity index (χ4v) is 2.64. The lowest BCUT2D eigenvalue weighted by atomic mass is 10.0. The third kappa shape index (κ3) is 4.44. The molecule has 1 fully saturated rings. The summed E-state index contributed by atoms with van der Waals surface area (Å²) in [6.45, 7) is 9.82. The molecule has 0 radical (unpaired) electrons. The summed E-state index contributed by atoms with van der Waals surface area (Å²) in [5, 5.41) is 3.16. The summed E-state index contributed by atoms with van der Waals surface area (Å²) in [5.74, 6) is 2.10. The van der Waals surface area contributed by atoms with Gasteiger partial charge in [-0.25, -0.2) is 0 Å². The minimum Gasteiger partial charge on any atom is -0.463 e. The van der Waals surface area contributed by atoms with Crippen molar-refractivity contribution in [1.82, 2.24) is 15.0 Å². The van der Waals surface area contributed by atoms with Crippen LogP contribution in [-0.2, 0) is 0 Å². The summed E-state index contributed by atoms with van der Waals surface area (Å²) < 4.78 is 5.59. The van der Waals surface area contributed by atoms with E-state index in [9.17, 15) is 0 Å². The highest BCUT2D eigenvalue weighted by Gasteiger charge is 2.24. The monoisotopic (exact) mass is 293 g/mol. The maximum Gasteiger partial charge on any atom is 0.323 e.